The van der Waals surface area contributed by atoms with Crippen molar-refractivity contribution in [3.63, 3.8) is 0 Å². The van der Waals surface area contributed by atoms with Crippen molar-refractivity contribution in [2.24, 2.45) is 11.0 Å². The maximum absolute atomic E-state index is 13.6. The number of aryl methyl sites for hydroxylation is 1. The van der Waals surface area contributed by atoms with Crippen LogP contribution in [-0.4, -0.2) is 41.2 Å². The molecule has 0 aromatic heterocycles. The first kappa shape index (κ1) is 23.8. The molecule has 35 heavy (non-hydrogen) atoms. The molecule has 0 bridgehead atoms. The molecule has 1 fully saturated rings. The lowest BCUT2D eigenvalue weighted by atomic mass is 9.90. The lowest BCUT2D eigenvalue weighted by molar-refractivity contribution is -0.134. The van der Waals surface area contributed by atoms with E-state index in [1.165, 1.54) is 11.1 Å². The lowest BCUT2D eigenvalue weighted by Crippen LogP contribution is -2.42. The number of benzene rings is 3. The first-order chi connectivity index (χ1) is 17.1. The number of halogens is 1. The number of carbonyl (C=O) groups excluding carboxylic acids is 1. The molecule has 5 heteroatoms. The largest absolute Gasteiger partial charge is 0.294 e. The summed E-state index contributed by atoms with van der Waals surface area (Å²) in [6.45, 7) is 4.36. The highest BCUT2D eigenvalue weighted by molar-refractivity contribution is 6.31. The topological polar surface area (TPSA) is 35.9 Å². The number of hydrogen-bond acceptors (Lipinski definition) is 3. The summed E-state index contributed by atoms with van der Waals surface area (Å²) in [4.78, 5) is 15.8. The fourth-order valence-corrected chi connectivity index (χ4v) is 5.55. The molecule has 5 rings (SSSR count). The van der Waals surface area contributed by atoms with Crippen LogP contribution in [-0.2, 0) is 11.2 Å². The summed E-state index contributed by atoms with van der Waals surface area (Å²) < 4.78 is 0. The summed E-state index contributed by atoms with van der Waals surface area (Å²) in [7, 11) is 0. The van der Waals surface area contributed by atoms with Crippen molar-refractivity contribution in [3.05, 3.63) is 106 Å². The Kier molecular flexibility index (Phi) is 7.31. The number of likely N-dealkylation sites (tertiary alicyclic amines) is 1. The van der Waals surface area contributed by atoms with Gasteiger partial charge in [0.25, 0.3) is 5.91 Å². The molecule has 1 atom stereocenters. The molecule has 0 N–H and O–H groups in total. The highest BCUT2D eigenvalue weighted by Gasteiger charge is 2.35. The molecule has 180 valence electrons. The minimum atomic E-state index is -0.178. The Morgan fingerprint density at radius 1 is 0.971 bits per heavy atom. The van der Waals surface area contributed by atoms with Crippen molar-refractivity contribution in [2.45, 2.75) is 38.6 Å². The minimum absolute atomic E-state index is 0.0408. The molecule has 1 amide bonds. The molecule has 0 unspecified atom stereocenters. The lowest BCUT2D eigenvalue weighted by Gasteiger charge is -2.33. The summed E-state index contributed by atoms with van der Waals surface area (Å²) in [5, 5.41) is 7.22. The number of hydrogen-bond donors (Lipinski definition) is 0. The number of amides is 1. The molecule has 3 aromatic rings. The monoisotopic (exact) mass is 485 g/mol. The summed E-state index contributed by atoms with van der Waals surface area (Å²) in [5.41, 5.74) is 5.55. The second-order valence-electron chi connectivity index (χ2n) is 9.81. The van der Waals surface area contributed by atoms with Crippen molar-refractivity contribution < 1.29 is 4.79 Å². The maximum atomic E-state index is 13.6. The van der Waals surface area contributed by atoms with Gasteiger partial charge in [0.2, 0.25) is 0 Å². The van der Waals surface area contributed by atoms with E-state index < -0.39 is 0 Å². The normalized spacial score (nSPS) is 19.1. The zero-order valence-corrected chi connectivity index (χ0v) is 21.0. The Balaban J connectivity index is 1.28. The summed E-state index contributed by atoms with van der Waals surface area (Å²) >= 11 is 6.57. The van der Waals surface area contributed by atoms with Gasteiger partial charge in [0.1, 0.15) is 0 Å². The molecule has 3 aromatic carbocycles. The van der Waals surface area contributed by atoms with Crippen LogP contribution in [0.4, 0.5) is 0 Å². The first-order valence-corrected chi connectivity index (χ1v) is 12.9. The standard InChI is InChI=1S/C30H32ClN3O/c1-22-8-7-11-25(18-22)28-20-29(26-12-5-6-13-27(26)31)34(32-28)30(35)21-33-16-14-24(15-17-33)19-23-9-3-2-4-10-23/h2-13,18,24,29H,14-17,19-21H2,1H3/t29-/m1/s1. The number of carbonyl (C=O) groups is 1. The Morgan fingerprint density at radius 3 is 2.46 bits per heavy atom. The van der Waals surface area contributed by atoms with Crippen LogP contribution < -0.4 is 0 Å². The van der Waals surface area contributed by atoms with E-state index in [4.69, 9.17) is 16.7 Å². The molecule has 0 saturated carbocycles. The molecule has 0 spiro atoms. The van der Waals surface area contributed by atoms with Gasteiger partial charge in [-0.05, 0) is 68.0 Å². The Hall–Kier alpha value is -2.95. The van der Waals surface area contributed by atoms with Gasteiger partial charge in [-0.25, -0.2) is 5.01 Å². The van der Waals surface area contributed by atoms with Crippen LogP contribution in [0.5, 0.6) is 0 Å². The van der Waals surface area contributed by atoms with E-state index in [2.05, 4.69) is 60.4 Å². The van der Waals surface area contributed by atoms with E-state index in [0.29, 0.717) is 23.9 Å². The van der Waals surface area contributed by atoms with Crippen molar-refractivity contribution in [3.8, 4) is 0 Å². The van der Waals surface area contributed by atoms with Gasteiger partial charge in [-0.1, -0.05) is 90.0 Å². The number of hydrazone groups is 1. The van der Waals surface area contributed by atoms with Gasteiger partial charge in [-0.15, -0.1) is 0 Å². The number of rotatable bonds is 6. The molecule has 2 aliphatic heterocycles. The average molecular weight is 486 g/mol. The second kappa shape index (κ2) is 10.8. The van der Waals surface area contributed by atoms with E-state index in [1.54, 1.807) is 5.01 Å². The molecule has 1 saturated heterocycles. The molecule has 4 nitrogen and oxygen atoms in total. The quantitative estimate of drug-likeness (QED) is 0.412. The third-order valence-electron chi connectivity index (χ3n) is 7.21. The zero-order chi connectivity index (χ0) is 24.2. The summed E-state index contributed by atoms with van der Waals surface area (Å²) in [6, 6.07) is 26.7. The fourth-order valence-electron chi connectivity index (χ4n) is 5.29. The van der Waals surface area contributed by atoms with Gasteiger partial charge < -0.3 is 0 Å². The molecule has 0 radical (unpaired) electrons. The van der Waals surface area contributed by atoms with E-state index in [1.807, 2.05) is 30.3 Å². The van der Waals surface area contributed by atoms with E-state index in [-0.39, 0.29) is 11.9 Å². The Morgan fingerprint density at radius 2 is 1.71 bits per heavy atom. The van der Waals surface area contributed by atoms with Crippen molar-refractivity contribution in [1.82, 2.24) is 9.91 Å². The highest BCUT2D eigenvalue weighted by Crippen LogP contribution is 2.36. The Bertz CT molecular complexity index is 1200. The molecule has 2 heterocycles. The van der Waals surface area contributed by atoms with Crippen molar-refractivity contribution >= 4 is 23.2 Å². The van der Waals surface area contributed by atoms with Crippen LogP contribution in [0.25, 0.3) is 0 Å². The van der Waals surface area contributed by atoms with Gasteiger partial charge >= 0.3 is 0 Å². The van der Waals surface area contributed by atoms with Gasteiger partial charge in [0, 0.05) is 11.4 Å². The first-order valence-electron chi connectivity index (χ1n) is 12.5. The van der Waals surface area contributed by atoms with Crippen LogP contribution in [0.2, 0.25) is 5.02 Å². The van der Waals surface area contributed by atoms with E-state index in [9.17, 15) is 4.79 Å². The summed E-state index contributed by atoms with van der Waals surface area (Å²) in [5.74, 6) is 0.719. The number of piperidine rings is 1. The highest BCUT2D eigenvalue weighted by atomic mass is 35.5. The third kappa shape index (κ3) is 5.66. The molecule has 0 aliphatic carbocycles. The zero-order valence-electron chi connectivity index (χ0n) is 20.2. The minimum Gasteiger partial charge on any atom is -0.294 e. The van der Waals surface area contributed by atoms with E-state index >= 15 is 0 Å². The van der Waals surface area contributed by atoms with E-state index in [0.717, 1.165) is 49.2 Å². The van der Waals surface area contributed by atoms with Crippen LogP contribution in [0.3, 0.4) is 0 Å². The van der Waals surface area contributed by atoms with Gasteiger partial charge in [0.15, 0.2) is 0 Å². The average Bonchev–Trinajstić information content (AvgIpc) is 3.32. The van der Waals surface area contributed by atoms with Gasteiger partial charge in [-0.3, -0.25) is 9.69 Å². The fraction of sp³-hybridized carbons (Fsp3) is 0.333. The number of nitrogens with zero attached hydrogens (tertiary/aromatic N) is 3. The summed E-state index contributed by atoms with van der Waals surface area (Å²) in [6.07, 6.45) is 4.02. The predicted octanol–water partition coefficient (Wildman–Crippen LogP) is 6.28. The SMILES string of the molecule is Cc1cccc(C2=NN(C(=O)CN3CCC(Cc4ccccc4)CC3)[C@@H](c3ccccc3Cl)C2)c1. The van der Waals surface area contributed by atoms with Crippen molar-refractivity contribution in [2.75, 3.05) is 19.6 Å². The maximum Gasteiger partial charge on any atom is 0.257 e. The van der Waals surface area contributed by atoms with Crippen LogP contribution in [0, 0.1) is 12.8 Å². The molecule has 2 aliphatic rings. The van der Waals surface area contributed by atoms with Gasteiger partial charge in [-0.2, -0.15) is 5.10 Å². The Labute approximate surface area is 213 Å². The van der Waals surface area contributed by atoms with Crippen LogP contribution in [0.15, 0.2) is 84.0 Å². The third-order valence-corrected chi connectivity index (χ3v) is 7.56. The second-order valence-corrected chi connectivity index (χ2v) is 10.2. The smallest absolute Gasteiger partial charge is 0.257 e. The van der Waals surface area contributed by atoms with Gasteiger partial charge in [0.05, 0.1) is 18.3 Å². The van der Waals surface area contributed by atoms with Crippen LogP contribution >= 0.6 is 11.6 Å². The van der Waals surface area contributed by atoms with Crippen molar-refractivity contribution in [1.29, 1.82) is 0 Å². The predicted molar refractivity (Wildman–Crippen MR) is 143 cm³/mol. The molecular formula is C30H32ClN3O. The molecular weight excluding hydrogens is 454 g/mol. The van der Waals surface area contributed by atoms with Crippen LogP contribution in [0.1, 0.15) is 47.6 Å².